The molecule has 0 fully saturated rings. The third-order valence-corrected chi connectivity index (χ3v) is 12.0. The first-order valence-corrected chi connectivity index (χ1v) is 12.3. The molecule has 0 aliphatic heterocycles. The highest BCUT2D eigenvalue weighted by atomic mass is 28.5. The molecule has 11 heteroatoms. The van der Waals surface area contributed by atoms with E-state index in [1.807, 2.05) is 0 Å². The smallest absolute Gasteiger partial charge is 0.389 e. The lowest BCUT2D eigenvalue weighted by Gasteiger charge is -2.39. The molecule has 0 aromatic heterocycles. The van der Waals surface area contributed by atoms with Gasteiger partial charge in [-0.05, 0) is 19.4 Å². The van der Waals surface area contributed by atoms with Gasteiger partial charge in [0.25, 0.3) is 0 Å². The molecule has 0 saturated carbocycles. The van der Waals surface area contributed by atoms with Gasteiger partial charge in [-0.3, -0.25) is 0 Å². The van der Waals surface area contributed by atoms with Crippen molar-refractivity contribution in [2.75, 3.05) is 69.0 Å². The minimum absolute atomic E-state index is 0.229. The molecule has 0 saturated heterocycles. The van der Waals surface area contributed by atoms with Crippen molar-refractivity contribution in [3.63, 3.8) is 0 Å². The van der Waals surface area contributed by atoms with E-state index in [0.29, 0.717) is 19.6 Å². The van der Waals surface area contributed by atoms with E-state index in [2.05, 4.69) is 12.2 Å². The van der Waals surface area contributed by atoms with E-state index < -0.39 is 23.7 Å². The molecule has 1 atom stereocenters. The second-order valence-electron chi connectivity index (χ2n) is 5.71. The molecular weight excluding hydrogens is 378 g/mol. The van der Waals surface area contributed by atoms with Gasteiger partial charge >= 0.3 is 17.6 Å². The molecular formula is C15H37NO8Si2. The van der Waals surface area contributed by atoms with Crippen LogP contribution in [0.15, 0.2) is 0 Å². The highest BCUT2D eigenvalue weighted by molar-refractivity contribution is 6.82. The van der Waals surface area contributed by atoms with Crippen LogP contribution in [-0.4, -0.2) is 97.8 Å². The summed E-state index contributed by atoms with van der Waals surface area (Å²) in [6.07, 6.45) is 0.937. The molecule has 0 amide bonds. The maximum atomic E-state index is 9.92. The minimum Gasteiger partial charge on any atom is -0.389 e. The van der Waals surface area contributed by atoms with E-state index >= 15 is 0 Å². The van der Waals surface area contributed by atoms with Crippen LogP contribution in [0.3, 0.4) is 0 Å². The van der Waals surface area contributed by atoms with Crippen LogP contribution in [0.1, 0.15) is 19.8 Å². The summed E-state index contributed by atoms with van der Waals surface area (Å²) in [5.41, 5.74) is 0. The maximum Gasteiger partial charge on any atom is 0.508 e. The Labute approximate surface area is 159 Å². The van der Waals surface area contributed by atoms with Gasteiger partial charge in [0.05, 0.1) is 12.7 Å². The van der Waals surface area contributed by atoms with E-state index in [1.165, 1.54) is 42.7 Å². The van der Waals surface area contributed by atoms with Gasteiger partial charge in [-0.1, -0.05) is 6.92 Å². The summed E-state index contributed by atoms with van der Waals surface area (Å²) in [6, 6.07) is 0. The number of ether oxygens (including phenoxy) is 1. The summed E-state index contributed by atoms with van der Waals surface area (Å²) in [5.74, 6) is 0. The van der Waals surface area contributed by atoms with Gasteiger partial charge in [0.15, 0.2) is 0 Å². The first-order valence-electron chi connectivity index (χ1n) is 8.73. The quantitative estimate of drug-likeness (QED) is 0.259. The van der Waals surface area contributed by atoms with Gasteiger partial charge in [-0.2, -0.15) is 0 Å². The predicted octanol–water partition coefficient (Wildman–Crippen LogP) is 0.419. The Hall–Kier alpha value is 0.0738. The molecule has 26 heavy (non-hydrogen) atoms. The average molecular weight is 416 g/mol. The van der Waals surface area contributed by atoms with Crippen LogP contribution in [0, 0.1) is 0 Å². The van der Waals surface area contributed by atoms with Crippen LogP contribution < -0.4 is 5.32 Å². The molecule has 0 spiro atoms. The molecule has 0 radical (unpaired) electrons. The van der Waals surface area contributed by atoms with Crippen molar-refractivity contribution in [2.24, 2.45) is 0 Å². The summed E-state index contributed by atoms with van der Waals surface area (Å²) in [4.78, 5) is 0. The normalized spacial score (nSPS) is 14.2. The van der Waals surface area contributed by atoms with Crippen molar-refractivity contribution in [3.05, 3.63) is 0 Å². The first kappa shape index (κ1) is 26.1. The maximum absolute atomic E-state index is 9.92. The van der Waals surface area contributed by atoms with E-state index in [-0.39, 0.29) is 11.8 Å². The molecule has 0 rings (SSSR count). The number of aliphatic hydroxyl groups excluding tert-OH is 1. The van der Waals surface area contributed by atoms with Crippen molar-refractivity contribution in [2.45, 2.75) is 31.0 Å². The second kappa shape index (κ2) is 14.1. The fraction of sp³-hybridized carbons (Fsp3) is 1.00. The minimum atomic E-state index is -3.12. The summed E-state index contributed by atoms with van der Waals surface area (Å²) in [7, 11) is 3.00. The van der Waals surface area contributed by atoms with Gasteiger partial charge in [0.2, 0.25) is 0 Å². The van der Waals surface area contributed by atoms with Crippen molar-refractivity contribution in [1.29, 1.82) is 0 Å². The number of hydrogen-bond donors (Lipinski definition) is 2. The Bertz CT molecular complexity index is 309. The second-order valence-corrected chi connectivity index (χ2v) is 12.5. The standard InChI is InChI=1S/C15H37NO8Si2/c1-8-10-16-12-14(17)13-24-11-9-15(25(18-2,19-3)20-4)26(21-5,22-6)23-7/h14-17H,8-13H2,1-7H3. The predicted molar refractivity (Wildman–Crippen MR) is 102 cm³/mol. The number of hydrogen-bond acceptors (Lipinski definition) is 9. The van der Waals surface area contributed by atoms with Gasteiger partial charge in [0, 0.05) is 55.8 Å². The highest BCUT2D eigenvalue weighted by Crippen LogP contribution is 2.37. The molecule has 0 aliphatic rings. The molecule has 9 nitrogen and oxygen atoms in total. The molecule has 1 unspecified atom stereocenters. The lowest BCUT2D eigenvalue weighted by molar-refractivity contribution is 0.0283. The van der Waals surface area contributed by atoms with Gasteiger partial charge in [0.1, 0.15) is 5.16 Å². The Balaban J connectivity index is 4.94. The van der Waals surface area contributed by atoms with E-state index in [9.17, 15) is 5.11 Å². The van der Waals surface area contributed by atoms with Crippen LogP contribution >= 0.6 is 0 Å². The summed E-state index contributed by atoms with van der Waals surface area (Å²) < 4.78 is 39.4. The van der Waals surface area contributed by atoms with Crippen molar-refractivity contribution < 1.29 is 36.4 Å². The molecule has 0 aromatic carbocycles. The van der Waals surface area contributed by atoms with Crippen LogP contribution in [0.5, 0.6) is 0 Å². The van der Waals surface area contributed by atoms with Gasteiger partial charge in [-0.25, -0.2) is 0 Å². The fourth-order valence-electron chi connectivity index (χ4n) is 2.85. The van der Waals surface area contributed by atoms with Crippen molar-refractivity contribution in [1.82, 2.24) is 5.32 Å². The third-order valence-electron chi connectivity index (χ3n) is 4.23. The van der Waals surface area contributed by atoms with Crippen LogP contribution in [0.2, 0.25) is 5.16 Å². The Morgan fingerprint density at radius 2 is 1.31 bits per heavy atom. The molecule has 0 heterocycles. The zero-order valence-electron chi connectivity index (χ0n) is 17.2. The Morgan fingerprint density at radius 1 is 0.846 bits per heavy atom. The molecule has 0 bridgehead atoms. The topological polar surface area (TPSA) is 96.9 Å². The lowest BCUT2D eigenvalue weighted by Crippen LogP contribution is -2.62. The number of aliphatic hydroxyl groups is 1. The van der Waals surface area contributed by atoms with Crippen molar-refractivity contribution in [3.8, 4) is 0 Å². The zero-order chi connectivity index (χ0) is 20.1. The Kier molecular flexibility index (Phi) is 14.2. The Morgan fingerprint density at radius 3 is 1.69 bits per heavy atom. The number of nitrogens with one attached hydrogen (secondary N) is 1. The zero-order valence-corrected chi connectivity index (χ0v) is 19.2. The summed E-state index contributed by atoms with van der Waals surface area (Å²) in [5, 5.41) is 12.7. The molecule has 0 aliphatic carbocycles. The molecule has 0 aromatic rings. The third kappa shape index (κ3) is 7.24. The van der Waals surface area contributed by atoms with Crippen molar-refractivity contribution >= 4 is 17.6 Å². The first-order chi connectivity index (χ1) is 12.5. The van der Waals surface area contributed by atoms with Crippen LogP contribution in [-0.2, 0) is 31.3 Å². The summed E-state index contributed by atoms with van der Waals surface area (Å²) >= 11 is 0. The lowest BCUT2D eigenvalue weighted by atomic mass is 10.3. The van der Waals surface area contributed by atoms with Crippen LogP contribution in [0.4, 0.5) is 0 Å². The highest BCUT2D eigenvalue weighted by Gasteiger charge is 2.63. The average Bonchev–Trinajstić information content (AvgIpc) is 2.68. The summed E-state index contributed by atoms with van der Waals surface area (Å²) in [6.45, 7) is 4.02. The molecule has 2 N–H and O–H groups in total. The fourth-order valence-corrected chi connectivity index (χ4v) is 10.4. The van der Waals surface area contributed by atoms with Gasteiger partial charge in [-0.15, -0.1) is 0 Å². The largest absolute Gasteiger partial charge is 0.508 e. The van der Waals surface area contributed by atoms with E-state index in [4.69, 9.17) is 31.3 Å². The SMILES string of the molecule is CCCNCC(O)COCCC([Si](OC)(OC)OC)[Si](OC)(OC)OC. The monoisotopic (exact) mass is 415 g/mol. The van der Waals surface area contributed by atoms with E-state index in [0.717, 1.165) is 13.0 Å². The molecule has 158 valence electrons. The van der Waals surface area contributed by atoms with E-state index in [1.54, 1.807) is 0 Å². The van der Waals surface area contributed by atoms with Crippen LogP contribution in [0.25, 0.3) is 0 Å². The van der Waals surface area contributed by atoms with Gasteiger partial charge < -0.3 is 41.7 Å². The number of rotatable bonds is 17.